The molecule has 1 heterocycles. The van der Waals surface area contributed by atoms with Crippen molar-refractivity contribution in [1.29, 1.82) is 0 Å². The summed E-state index contributed by atoms with van der Waals surface area (Å²) in [5, 5.41) is 4.18. The fourth-order valence-electron chi connectivity index (χ4n) is 2.66. The lowest BCUT2D eigenvalue weighted by molar-refractivity contribution is 0.224. The highest BCUT2D eigenvalue weighted by atomic mass is 16.5. The third-order valence-corrected chi connectivity index (χ3v) is 3.83. The molecule has 150 valence electrons. The van der Waals surface area contributed by atoms with E-state index in [9.17, 15) is 4.79 Å². The van der Waals surface area contributed by atoms with Gasteiger partial charge in [-0.2, -0.15) is 5.10 Å². The molecule has 0 aliphatic heterocycles. The van der Waals surface area contributed by atoms with Crippen molar-refractivity contribution in [3.05, 3.63) is 70.5 Å². The molecule has 0 radical (unpaired) electrons. The standard InChI is InChI=1S/C22H24N4O3/c1-4-28-20-12-16(10-11-19(20)29-15(2)3)14-23-26-22-24-18(13-21(27)25-22)17-8-6-5-7-9-17/h5-15H,4H2,1-3H3,(H2,24,25,26,27)/b23-14-. The summed E-state index contributed by atoms with van der Waals surface area (Å²) in [6, 6.07) is 16.5. The number of anilines is 1. The van der Waals surface area contributed by atoms with Gasteiger partial charge in [0.1, 0.15) is 0 Å². The lowest BCUT2D eigenvalue weighted by atomic mass is 10.1. The Morgan fingerprint density at radius 2 is 1.93 bits per heavy atom. The zero-order valence-corrected chi connectivity index (χ0v) is 16.7. The summed E-state index contributed by atoms with van der Waals surface area (Å²) >= 11 is 0. The lowest BCUT2D eigenvalue weighted by Crippen LogP contribution is -2.10. The first-order valence-corrected chi connectivity index (χ1v) is 9.44. The van der Waals surface area contributed by atoms with Crippen molar-refractivity contribution in [3.8, 4) is 22.8 Å². The SMILES string of the molecule is CCOc1cc(/C=N\Nc2nc(-c3ccccc3)cc(=O)[nH]2)ccc1OC(C)C. The fourth-order valence-corrected chi connectivity index (χ4v) is 2.66. The molecule has 3 rings (SSSR count). The van der Waals surface area contributed by atoms with Gasteiger partial charge in [-0.05, 0) is 44.5 Å². The summed E-state index contributed by atoms with van der Waals surface area (Å²) in [6.07, 6.45) is 1.67. The van der Waals surface area contributed by atoms with E-state index in [0.29, 0.717) is 23.8 Å². The molecular formula is C22H24N4O3. The summed E-state index contributed by atoms with van der Waals surface area (Å²) in [5.74, 6) is 1.61. The Morgan fingerprint density at radius 3 is 2.66 bits per heavy atom. The van der Waals surface area contributed by atoms with Gasteiger partial charge in [-0.3, -0.25) is 9.78 Å². The number of rotatable bonds is 8. The minimum absolute atomic E-state index is 0.0511. The number of H-pyrrole nitrogens is 1. The van der Waals surface area contributed by atoms with E-state index in [-0.39, 0.29) is 17.6 Å². The summed E-state index contributed by atoms with van der Waals surface area (Å²) in [6.45, 7) is 6.38. The van der Waals surface area contributed by atoms with E-state index in [1.165, 1.54) is 6.07 Å². The Bertz CT molecular complexity index is 1030. The summed E-state index contributed by atoms with van der Waals surface area (Å²) < 4.78 is 11.4. The molecule has 0 atom stereocenters. The van der Waals surface area contributed by atoms with E-state index >= 15 is 0 Å². The van der Waals surface area contributed by atoms with Crippen LogP contribution in [0.1, 0.15) is 26.3 Å². The van der Waals surface area contributed by atoms with Crippen molar-refractivity contribution in [1.82, 2.24) is 9.97 Å². The molecule has 2 aromatic carbocycles. The highest BCUT2D eigenvalue weighted by Crippen LogP contribution is 2.29. The van der Waals surface area contributed by atoms with Gasteiger partial charge < -0.3 is 9.47 Å². The zero-order chi connectivity index (χ0) is 20.6. The van der Waals surface area contributed by atoms with Crippen molar-refractivity contribution in [3.63, 3.8) is 0 Å². The Kier molecular flexibility index (Phi) is 6.63. The van der Waals surface area contributed by atoms with Crippen LogP contribution in [0.3, 0.4) is 0 Å². The van der Waals surface area contributed by atoms with Crippen molar-refractivity contribution in [2.24, 2.45) is 5.10 Å². The van der Waals surface area contributed by atoms with Crippen LogP contribution in [-0.4, -0.2) is 28.9 Å². The maximum atomic E-state index is 11.9. The van der Waals surface area contributed by atoms with Gasteiger partial charge in [0.05, 0.1) is 24.6 Å². The molecule has 0 saturated carbocycles. The number of aromatic amines is 1. The quantitative estimate of drug-likeness (QED) is 0.446. The number of nitrogens with zero attached hydrogens (tertiary/aromatic N) is 2. The van der Waals surface area contributed by atoms with E-state index < -0.39 is 0 Å². The van der Waals surface area contributed by atoms with Crippen molar-refractivity contribution in [2.45, 2.75) is 26.9 Å². The second kappa shape index (κ2) is 9.54. The van der Waals surface area contributed by atoms with Gasteiger partial charge in [-0.25, -0.2) is 10.4 Å². The Balaban J connectivity index is 1.77. The van der Waals surface area contributed by atoms with Crippen LogP contribution < -0.4 is 20.5 Å². The van der Waals surface area contributed by atoms with Crippen LogP contribution in [0.4, 0.5) is 5.95 Å². The molecule has 2 N–H and O–H groups in total. The molecule has 0 aliphatic rings. The van der Waals surface area contributed by atoms with Gasteiger partial charge in [0.25, 0.3) is 5.56 Å². The third-order valence-electron chi connectivity index (χ3n) is 3.83. The molecule has 0 saturated heterocycles. The number of hydrogen-bond donors (Lipinski definition) is 2. The second-order valence-electron chi connectivity index (χ2n) is 6.52. The maximum absolute atomic E-state index is 11.9. The molecule has 0 fully saturated rings. The molecular weight excluding hydrogens is 368 g/mol. The number of ether oxygens (including phenoxy) is 2. The van der Waals surface area contributed by atoms with Gasteiger partial charge in [0.15, 0.2) is 11.5 Å². The minimum Gasteiger partial charge on any atom is -0.490 e. The van der Waals surface area contributed by atoms with Crippen LogP contribution in [0.5, 0.6) is 11.5 Å². The first-order chi connectivity index (χ1) is 14.0. The van der Waals surface area contributed by atoms with Crippen LogP contribution in [0.2, 0.25) is 0 Å². The number of nitrogens with one attached hydrogen (secondary N) is 2. The van der Waals surface area contributed by atoms with Gasteiger partial charge in [-0.15, -0.1) is 0 Å². The topological polar surface area (TPSA) is 88.6 Å². The molecule has 0 bridgehead atoms. The van der Waals surface area contributed by atoms with E-state index in [2.05, 4.69) is 20.5 Å². The summed E-state index contributed by atoms with van der Waals surface area (Å²) in [4.78, 5) is 19.0. The highest BCUT2D eigenvalue weighted by Gasteiger charge is 2.08. The van der Waals surface area contributed by atoms with E-state index in [1.54, 1.807) is 6.21 Å². The van der Waals surface area contributed by atoms with Gasteiger partial charge in [0.2, 0.25) is 5.95 Å². The van der Waals surface area contributed by atoms with Crippen LogP contribution in [0.15, 0.2) is 64.5 Å². The van der Waals surface area contributed by atoms with Gasteiger partial charge in [0, 0.05) is 11.6 Å². The molecule has 7 nitrogen and oxygen atoms in total. The van der Waals surface area contributed by atoms with E-state index in [4.69, 9.17) is 9.47 Å². The number of hydrogen-bond acceptors (Lipinski definition) is 6. The summed E-state index contributed by atoms with van der Waals surface area (Å²) in [7, 11) is 0. The molecule has 0 amide bonds. The van der Waals surface area contributed by atoms with Crippen LogP contribution >= 0.6 is 0 Å². The smallest absolute Gasteiger partial charge is 0.252 e. The molecule has 7 heteroatoms. The molecule has 0 unspecified atom stereocenters. The summed E-state index contributed by atoms with van der Waals surface area (Å²) in [5.41, 5.74) is 4.76. The normalized spacial score (nSPS) is 11.0. The number of hydrazone groups is 1. The fraction of sp³-hybridized carbons (Fsp3) is 0.227. The zero-order valence-electron chi connectivity index (χ0n) is 16.7. The van der Waals surface area contributed by atoms with Gasteiger partial charge in [-0.1, -0.05) is 30.3 Å². The van der Waals surface area contributed by atoms with Crippen LogP contribution in [0.25, 0.3) is 11.3 Å². The lowest BCUT2D eigenvalue weighted by Gasteiger charge is -2.14. The molecule has 0 spiro atoms. The molecule has 1 aromatic heterocycles. The number of aromatic nitrogens is 2. The Morgan fingerprint density at radius 1 is 1.14 bits per heavy atom. The van der Waals surface area contributed by atoms with E-state index in [0.717, 1.165) is 11.1 Å². The van der Waals surface area contributed by atoms with Crippen molar-refractivity contribution < 1.29 is 9.47 Å². The molecule has 0 aliphatic carbocycles. The predicted molar refractivity (Wildman–Crippen MR) is 115 cm³/mol. The monoisotopic (exact) mass is 392 g/mol. The average molecular weight is 392 g/mol. The third kappa shape index (κ3) is 5.68. The predicted octanol–water partition coefficient (Wildman–Crippen LogP) is 4.07. The minimum atomic E-state index is -0.259. The Hall–Kier alpha value is -3.61. The second-order valence-corrected chi connectivity index (χ2v) is 6.52. The largest absolute Gasteiger partial charge is 0.490 e. The van der Waals surface area contributed by atoms with Crippen molar-refractivity contribution in [2.75, 3.05) is 12.0 Å². The average Bonchev–Trinajstić information content (AvgIpc) is 2.70. The van der Waals surface area contributed by atoms with Crippen LogP contribution in [0, 0.1) is 0 Å². The highest BCUT2D eigenvalue weighted by molar-refractivity contribution is 5.81. The van der Waals surface area contributed by atoms with Gasteiger partial charge >= 0.3 is 0 Å². The Labute approximate surface area is 169 Å². The maximum Gasteiger partial charge on any atom is 0.252 e. The first-order valence-electron chi connectivity index (χ1n) is 9.44. The first kappa shape index (κ1) is 20.1. The molecule has 3 aromatic rings. The van der Waals surface area contributed by atoms with Crippen molar-refractivity contribution >= 4 is 12.2 Å². The molecule has 29 heavy (non-hydrogen) atoms. The van der Waals surface area contributed by atoms with E-state index in [1.807, 2.05) is 69.3 Å². The van der Waals surface area contributed by atoms with Crippen LogP contribution in [-0.2, 0) is 0 Å². The number of benzene rings is 2.